The molecule has 168 valence electrons. The van der Waals surface area contributed by atoms with Crippen molar-refractivity contribution in [2.45, 2.75) is 50.1 Å². The van der Waals surface area contributed by atoms with Crippen LogP contribution in [0.15, 0.2) is 54.6 Å². The average molecular weight is 435 g/mol. The first-order valence-electron chi connectivity index (χ1n) is 11.2. The minimum Gasteiger partial charge on any atom is -0.497 e. The number of anilines is 1. The number of ether oxygens (including phenoxy) is 2. The molecule has 1 saturated carbocycles. The van der Waals surface area contributed by atoms with Crippen LogP contribution in [-0.2, 0) is 9.59 Å². The third-order valence-electron chi connectivity index (χ3n) is 6.41. The van der Waals surface area contributed by atoms with Crippen LogP contribution >= 0.6 is 0 Å². The average Bonchev–Trinajstić information content (AvgIpc) is 2.82. The first-order valence-corrected chi connectivity index (χ1v) is 11.2. The van der Waals surface area contributed by atoms with Crippen molar-refractivity contribution in [3.05, 3.63) is 60.2 Å². The van der Waals surface area contributed by atoms with E-state index in [1.807, 2.05) is 48.6 Å². The second kappa shape index (κ2) is 9.47. The smallest absolute Gasteiger partial charge is 0.251 e. The van der Waals surface area contributed by atoms with E-state index >= 15 is 0 Å². The summed E-state index contributed by atoms with van der Waals surface area (Å²) in [6, 6.07) is 15.0. The molecule has 1 N–H and O–H groups in total. The Labute approximate surface area is 189 Å². The van der Waals surface area contributed by atoms with E-state index in [0.29, 0.717) is 17.2 Å². The first kappa shape index (κ1) is 21.9. The van der Waals surface area contributed by atoms with Crippen molar-refractivity contribution in [2.24, 2.45) is 0 Å². The Bertz CT molecular complexity index is 995. The second-order valence-corrected chi connectivity index (χ2v) is 8.41. The highest BCUT2D eigenvalue weighted by Crippen LogP contribution is 2.40. The summed E-state index contributed by atoms with van der Waals surface area (Å²) in [6.07, 6.45) is 9.26. The Kier molecular flexibility index (Phi) is 6.49. The fourth-order valence-corrected chi connectivity index (χ4v) is 4.61. The van der Waals surface area contributed by atoms with Crippen molar-refractivity contribution < 1.29 is 19.1 Å². The van der Waals surface area contributed by atoms with Crippen LogP contribution in [0.3, 0.4) is 0 Å². The number of hydrogen-bond acceptors (Lipinski definition) is 4. The van der Waals surface area contributed by atoms with Crippen molar-refractivity contribution in [2.75, 3.05) is 19.1 Å². The molecule has 2 aromatic rings. The monoisotopic (exact) mass is 434 g/mol. The summed E-state index contributed by atoms with van der Waals surface area (Å²) in [5.74, 6) is 1.20. The summed E-state index contributed by atoms with van der Waals surface area (Å²) in [4.78, 5) is 28.0. The van der Waals surface area contributed by atoms with Gasteiger partial charge in [-0.25, -0.2) is 0 Å². The van der Waals surface area contributed by atoms with Gasteiger partial charge >= 0.3 is 0 Å². The lowest BCUT2D eigenvalue weighted by Crippen LogP contribution is -2.70. The predicted molar refractivity (Wildman–Crippen MR) is 125 cm³/mol. The standard InChI is InChI=1S/C26H30N2O4/c1-31-22-14-12-21(13-15-22)28-24(29)18-26(28,25(30)27-20-9-4-3-5-10-20)17-16-19-8-6-7-11-23(19)32-2/h6-8,11-17,20H,3-5,9-10,18H2,1-2H3,(H,27,30)/b17-16+/t26-/m0/s1. The van der Waals surface area contributed by atoms with E-state index in [1.165, 1.54) is 6.42 Å². The molecule has 0 unspecified atom stereocenters. The van der Waals surface area contributed by atoms with Crippen LogP contribution in [0.1, 0.15) is 44.1 Å². The summed E-state index contributed by atoms with van der Waals surface area (Å²) in [5, 5.41) is 3.23. The van der Waals surface area contributed by atoms with Gasteiger partial charge < -0.3 is 14.8 Å². The number of nitrogens with zero attached hydrogens (tertiary/aromatic N) is 1. The van der Waals surface area contributed by atoms with E-state index in [9.17, 15) is 9.59 Å². The molecular weight excluding hydrogens is 404 g/mol. The van der Waals surface area contributed by atoms with Gasteiger partial charge in [0.25, 0.3) is 5.91 Å². The molecule has 2 amide bonds. The Hall–Kier alpha value is -3.28. The minimum absolute atomic E-state index is 0.0846. The van der Waals surface area contributed by atoms with E-state index in [1.54, 1.807) is 31.3 Å². The van der Waals surface area contributed by atoms with Gasteiger partial charge in [-0.15, -0.1) is 0 Å². The second-order valence-electron chi connectivity index (χ2n) is 8.41. The lowest BCUT2D eigenvalue weighted by molar-refractivity contribution is -0.137. The molecule has 1 aliphatic carbocycles. The number of carbonyl (C=O) groups excluding carboxylic acids is 2. The van der Waals surface area contributed by atoms with Crippen molar-refractivity contribution in [3.63, 3.8) is 0 Å². The van der Waals surface area contributed by atoms with Crippen LogP contribution in [0, 0.1) is 0 Å². The number of carbonyl (C=O) groups is 2. The number of β-lactam (4-membered cyclic amide) rings is 1. The Morgan fingerprint density at radius 3 is 2.41 bits per heavy atom. The van der Waals surface area contributed by atoms with Crippen molar-refractivity contribution >= 4 is 23.6 Å². The molecule has 2 aliphatic rings. The van der Waals surface area contributed by atoms with E-state index in [4.69, 9.17) is 9.47 Å². The van der Waals surface area contributed by atoms with Crippen LogP contribution in [0.25, 0.3) is 6.08 Å². The molecule has 2 fully saturated rings. The van der Waals surface area contributed by atoms with E-state index < -0.39 is 5.54 Å². The first-order chi connectivity index (χ1) is 15.6. The lowest BCUT2D eigenvalue weighted by atomic mass is 9.80. The molecule has 1 heterocycles. The SMILES string of the molecule is COc1ccc(N2C(=O)C[C@@]2(/C=C/c2ccccc2OC)C(=O)NC2CCCCC2)cc1. The highest BCUT2D eigenvalue weighted by molar-refractivity contribution is 6.15. The van der Waals surface area contributed by atoms with Gasteiger partial charge in [-0.1, -0.05) is 43.5 Å². The summed E-state index contributed by atoms with van der Waals surface area (Å²) >= 11 is 0. The number of methoxy groups -OCH3 is 2. The number of hydrogen-bond donors (Lipinski definition) is 1. The zero-order valence-electron chi connectivity index (χ0n) is 18.7. The van der Waals surface area contributed by atoms with Gasteiger partial charge in [0.05, 0.1) is 20.6 Å². The lowest BCUT2D eigenvalue weighted by Gasteiger charge is -2.49. The van der Waals surface area contributed by atoms with E-state index in [-0.39, 0.29) is 24.3 Å². The molecule has 2 aromatic carbocycles. The van der Waals surface area contributed by atoms with Crippen LogP contribution in [0.5, 0.6) is 11.5 Å². The summed E-state index contributed by atoms with van der Waals surface area (Å²) in [6.45, 7) is 0. The van der Waals surface area contributed by atoms with Gasteiger partial charge in [-0.3, -0.25) is 14.5 Å². The number of nitrogens with one attached hydrogen (secondary N) is 1. The normalized spacial score (nSPS) is 21.3. The maximum atomic E-state index is 13.6. The molecule has 32 heavy (non-hydrogen) atoms. The highest BCUT2D eigenvalue weighted by Gasteiger charge is 2.56. The van der Waals surface area contributed by atoms with Gasteiger partial charge in [0.1, 0.15) is 11.5 Å². The third-order valence-corrected chi connectivity index (χ3v) is 6.41. The van der Waals surface area contributed by atoms with Crippen LogP contribution < -0.4 is 19.7 Å². The molecule has 6 heteroatoms. The van der Waals surface area contributed by atoms with Crippen LogP contribution in [0.4, 0.5) is 5.69 Å². The zero-order valence-corrected chi connectivity index (χ0v) is 18.7. The Morgan fingerprint density at radius 1 is 1.03 bits per heavy atom. The van der Waals surface area contributed by atoms with Gasteiger partial charge in [0.2, 0.25) is 5.91 Å². The van der Waals surface area contributed by atoms with Crippen molar-refractivity contribution in [1.29, 1.82) is 0 Å². The quantitative estimate of drug-likeness (QED) is 0.658. The molecule has 0 spiro atoms. The summed E-state index contributed by atoms with van der Waals surface area (Å²) < 4.78 is 10.7. The molecule has 6 nitrogen and oxygen atoms in total. The zero-order chi connectivity index (χ0) is 22.6. The topological polar surface area (TPSA) is 67.9 Å². The maximum absolute atomic E-state index is 13.6. The Balaban J connectivity index is 1.69. The van der Waals surface area contributed by atoms with E-state index in [2.05, 4.69) is 5.32 Å². The molecule has 1 aliphatic heterocycles. The largest absolute Gasteiger partial charge is 0.497 e. The summed E-state index contributed by atoms with van der Waals surface area (Å²) in [7, 11) is 3.22. The number of rotatable bonds is 7. The van der Waals surface area contributed by atoms with Crippen LogP contribution in [0.2, 0.25) is 0 Å². The number of amides is 2. The fraction of sp³-hybridized carbons (Fsp3) is 0.385. The molecule has 0 radical (unpaired) electrons. The van der Waals surface area contributed by atoms with Gasteiger partial charge in [-0.2, -0.15) is 0 Å². The molecule has 0 bridgehead atoms. The molecule has 0 aromatic heterocycles. The van der Waals surface area contributed by atoms with Crippen molar-refractivity contribution in [1.82, 2.24) is 5.32 Å². The minimum atomic E-state index is -1.08. The van der Waals surface area contributed by atoms with Crippen LogP contribution in [-0.4, -0.2) is 37.6 Å². The molecule has 1 saturated heterocycles. The van der Waals surface area contributed by atoms with Gasteiger partial charge in [0.15, 0.2) is 5.54 Å². The number of para-hydroxylation sites is 1. The third kappa shape index (κ3) is 4.22. The fourth-order valence-electron chi connectivity index (χ4n) is 4.61. The number of benzene rings is 2. The van der Waals surface area contributed by atoms with E-state index in [0.717, 1.165) is 31.2 Å². The van der Waals surface area contributed by atoms with Crippen molar-refractivity contribution in [3.8, 4) is 11.5 Å². The maximum Gasteiger partial charge on any atom is 0.251 e. The summed E-state index contributed by atoms with van der Waals surface area (Å²) in [5.41, 5.74) is 0.448. The highest BCUT2D eigenvalue weighted by atomic mass is 16.5. The van der Waals surface area contributed by atoms with Gasteiger partial charge in [0, 0.05) is 17.3 Å². The molecule has 4 rings (SSSR count). The predicted octanol–water partition coefficient (Wildman–Crippen LogP) is 4.34. The molecule has 1 atom stereocenters. The Morgan fingerprint density at radius 2 is 1.75 bits per heavy atom. The molecular formula is C26H30N2O4. The van der Waals surface area contributed by atoms with Gasteiger partial charge in [-0.05, 0) is 49.2 Å².